The van der Waals surface area contributed by atoms with Gasteiger partial charge in [-0.3, -0.25) is 4.39 Å². The highest BCUT2D eigenvalue weighted by atomic mass is 79.9. The number of nitrogens with one attached hydrogen (secondary N) is 1. The average Bonchev–Trinajstić information content (AvgIpc) is 3.11. The standard InChI is InChI=1S/C11H12BrN5O2.C2H5F.C2H6/c12-7-1-2-10(18-6-11(13)15-17-14)8(5-7)9-3-4-19-16-9;1-2-3;1-2/h1-5,17H,6,14H2,(H2,13,15);2H2,1H3;1-2H3. The molecule has 2 rings (SSSR count). The lowest BCUT2D eigenvalue weighted by atomic mass is 10.1. The Balaban J connectivity index is 0.000000952. The van der Waals surface area contributed by atoms with Crippen molar-refractivity contribution in [2.75, 3.05) is 13.3 Å². The zero-order valence-corrected chi connectivity index (χ0v) is 15.5. The molecule has 0 aliphatic heterocycles. The van der Waals surface area contributed by atoms with Gasteiger partial charge in [0.05, 0.1) is 6.67 Å². The van der Waals surface area contributed by atoms with Crippen LogP contribution in [-0.4, -0.2) is 24.3 Å². The lowest BCUT2D eigenvalue weighted by Crippen LogP contribution is -2.27. The van der Waals surface area contributed by atoms with Crippen LogP contribution in [0.15, 0.2) is 44.6 Å². The van der Waals surface area contributed by atoms with Crippen molar-refractivity contribution in [1.82, 2.24) is 10.7 Å². The summed E-state index contributed by atoms with van der Waals surface area (Å²) >= 11 is 3.40. The normalized spacial score (nSPS) is 10.0. The van der Waals surface area contributed by atoms with Crippen LogP contribution in [0.1, 0.15) is 20.8 Å². The number of nitrogens with two attached hydrogens (primary N) is 2. The molecule has 0 aliphatic carbocycles. The monoisotopic (exact) mass is 403 g/mol. The minimum absolute atomic E-state index is 0.108. The topological polar surface area (TPSA) is 112 Å². The zero-order valence-electron chi connectivity index (χ0n) is 13.9. The quantitative estimate of drug-likeness (QED) is 0.305. The molecule has 9 heteroatoms. The van der Waals surface area contributed by atoms with Gasteiger partial charge < -0.3 is 15.0 Å². The summed E-state index contributed by atoms with van der Waals surface area (Å²) in [6.45, 7) is 5.32. The minimum atomic E-state index is -0.250. The number of aromatic nitrogens is 1. The van der Waals surface area contributed by atoms with Crippen molar-refractivity contribution in [1.29, 1.82) is 0 Å². The van der Waals surface area contributed by atoms with Gasteiger partial charge in [-0.25, -0.2) is 11.4 Å². The van der Waals surface area contributed by atoms with E-state index in [1.165, 1.54) is 13.2 Å². The molecular weight excluding hydrogens is 381 g/mol. The molecule has 1 aromatic carbocycles. The second-order valence-corrected chi connectivity index (χ2v) is 4.73. The van der Waals surface area contributed by atoms with Gasteiger partial charge in [0.15, 0.2) is 5.84 Å². The van der Waals surface area contributed by atoms with Gasteiger partial charge in [0, 0.05) is 16.1 Å². The SMILES string of the molecule is CC.CCF.NN/N=C(\N)COc1ccc(Br)cc1-c1ccon1. The van der Waals surface area contributed by atoms with Crippen molar-refractivity contribution in [3.63, 3.8) is 0 Å². The molecule has 0 aliphatic rings. The molecule has 0 radical (unpaired) electrons. The van der Waals surface area contributed by atoms with Crippen LogP contribution in [0.2, 0.25) is 0 Å². The van der Waals surface area contributed by atoms with Crippen molar-refractivity contribution in [2.24, 2.45) is 16.7 Å². The van der Waals surface area contributed by atoms with Gasteiger partial charge in [-0.15, -0.1) is 5.10 Å². The molecule has 2 aromatic rings. The van der Waals surface area contributed by atoms with Gasteiger partial charge in [-0.05, 0) is 25.1 Å². The molecule has 0 unspecified atom stereocenters. The highest BCUT2D eigenvalue weighted by Gasteiger charge is 2.10. The van der Waals surface area contributed by atoms with E-state index in [9.17, 15) is 4.39 Å². The molecule has 0 atom stereocenters. The summed E-state index contributed by atoms with van der Waals surface area (Å²) in [6.07, 6.45) is 1.49. The first-order chi connectivity index (χ1) is 11.6. The first kappa shape index (κ1) is 21.9. The van der Waals surface area contributed by atoms with E-state index >= 15 is 0 Å². The van der Waals surface area contributed by atoms with Crippen LogP contribution < -0.4 is 21.8 Å². The molecule has 0 saturated heterocycles. The first-order valence-electron chi connectivity index (χ1n) is 7.29. The first-order valence-corrected chi connectivity index (χ1v) is 8.08. The second-order valence-electron chi connectivity index (χ2n) is 3.81. The molecule has 1 aromatic heterocycles. The van der Waals surface area contributed by atoms with E-state index < -0.39 is 0 Å². The van der Waals surface area contributed by atoms with Gasteiger partial charge in [0.25, 0.3) is 0 Å². The summed E-state index contributed by atoms with van der Waals surface area (Å²) < 4.78 is 21.6. The molecule has 0 amide bonds. The smallest absolute Gasteiger partial charge is 0.159 e. The van der Waals surface area contributed by atoms with Crippen LogP contribution in [0.25, 0.3) is 11.3 Å². The predicted molar refractivity (Wildman–Crippen MR) is 97.1 cm³/mol. The Hall–Kier alpha value is -2.13. The third kappa shape index (κ3) is 7.93. The van der Waals surface area contributed by atoms with Gasteiger partial charge >= 0.3 is 0 Å². The maximum absolute atomic E-state index is 10.3. The predicted octanol–water partition coefficient (Wildman–Crippen LogP) is 3.22. The molecule has 5 N–H and O–H groups in total. The molecule has 7 nitrogen and oxygen atoms in total. The zero-order chi connectivity index (χ0) is 18.4. The number of hydrazone groups is 1. The number of hydrogen-bond acceptors (Lipinski definition) is 6. The maximum Gasteiger partial charge on any atom is 0.159 e. The second kappa shape index (κ2) is 13.3. The van der Waals surface area contributed by atoms with Gasteiger partial charge in [-0.1, -0.05) is 34.9 Å². The van der Waals surface area contributed by atoms with Crippen LogP contribution in [0.5, 0.6) is 5.75 Å². The number of rotatable bonds is 5. The van der Waals surface area contributed by atoms with E-state index in [0.29, 0.717) is 11.4 Å². The van der Waals surface area contributed by atoms with Gasteiger partial charge in [-0.2, -0.15) is 0 Å². The van der Waals surface area contributed by atoms with Crippen LogP contribution in [0, 0.1) is 0 Å². The fourth-order valence-electron chi connectivity index (χ4n) is 1.45. The summed E-state index contributed by atoms with van der Waals surface area (Å²) in [5.41, 5.74) is 9.13. The molecule has 0 spiro atoms. The Bertz CT molecular complexity index is 594. The number of hydrazine groups is 1. The Labute approximate surface area is 149 Å². The Morgan fingerprint density at radius 3 is 2.62 bits per heavy atom. The third-order valence-electron chi connectivity index (χ3n) is 2.24. The largest absolute Gasteiger partial charge is 0.485 e. The minimum Gasteiger partial charge on any atom is -0.485 e. The van der Waals surface area contributed by atoms with Crippen LogP contribution in [0.4, 0.5) is 4.39 Å². The summed E-state index contributed by atoms with van der Waals surface area (Å²) in [5.74, 6) is 5.87. The fraction of sp³-hybridized carbons (Fsp3) is 0.333. The number of amidine groups is 1. The van der Waals surface area contributed by atoms with Gasteiger partial charge in [0.2, 0.25) is 0 Å². The van der Waals surface area contributed by atoms with Crippen LogP contribution in [0.3, 0.4) is 0 Å². The van der Waals surface area contributed by atoms with E-state index in [1.807, 2.05) is 26.0 Å². The summed E-state index contributed by atoms with van der Waals surface area (Å²) in [4.78, 5) is 0. The van der Waals surface area contributed by atoms with Gasteiger partial charge in [0.1, 0.15) is 24.3 Å². The Kier molecular flexibility index (Phi) is 12.1. The number of ether oxygens (including phenoxy) is 1. The summed E-state index contributed by atoms with van der Waals surface area (Å²) in [6, 6.07) is 7.28. The molecule has 24 heavy (non-hydrogen) atoms. The summed E-state index contributed by atoms with van der Waals surface area (Å²) in [7, 11) is 0. The number of nitrogens with zero attached hydrogens (tertiary/aromatic N) is 2. The highest BCUT2D eigenvalue weighted by Crippen LogP contribution is 2.31. The molecule has 1 heterocycles. The lowest BCUT2D eigenvalue weighted by molar-refractivity contribution is 0.374. The van der Waals surface area contributed by atoms with E-state index in [-0.39, 0.29) is 19.1 Å². The van der Waals surface area contributed by atoms with Crippen LogP contribution in [-0.2, 0) is 0 Å². The molecule has 0 saturated carbocycles. The van der Waals surface area contributed by atoms with E-state index in [2.05, 4.69) is 31.7 Å². The van der Waals surface area contributed by atoms with Crippen molar-refractivity contribution >= 4 is 21.8 Å². The highest BCUT2D eigenvalue weighted by molar-refractivity contribution is 9.10. The van der Waals surface area contributed by atoms with E-state index in [1.54, 1.807) is 12.1 Å². The number of hydrogen-bond donors (Lipinski definition) is 3. The number of halogens is 2. The molecule has 0 bridgehead atoms. The van der Waals surface area contributed by atoms with Crippen molar-refractivity contribution in [3.05, 3.63) is 35.0 Å². The maximum atomic E-state index is 10.3. The third-order valence-corrected chi connectivity index (χ3v) is 2.73. The molecular formula is C15H23BrFN5O2. The van der Waals surface area contributed by atoms with Crippen molar-refractivity contribution in [3.8, 4) is 17.0 Å². The average molecular weight is 404 g/mol. The Morgan fingerprint density at radius 1 is 1.42 bits per heavy atom. The Morgan fingerprint density at radius 2 is 2.08 bits per heavy atom. The van der Waals surface area contributed by atoms with E-state index in [0.717, 1.165) is 10.0 Å². The fourth-order valence-corrected chi connectivity index (χ4v) is 1.81. The number of alkyl halides is 1. The van der Waals surface area contributed by atoms with Crippen molar-refractivity contribution in [2.45, 2.75) is 20.8 Å². The summed E-state index contributed by atoms with van der Waals surface area (Å²) in [5, 5.41) is 7.49. The molecule has 134 valence electrons. The van der Waals surface area contributed by atoms with Crippen molar-refractivity contribution < 1.29 is 13.7 Å². The van der Waals surface area contributed by atoms with Crippen LogP contribution >= 0.6 is 15.9 Å². The number of benzene rings is 1. The lowest BCUT2D eigenvalue weighted by Gasteiger charge is -2.10. The molecule has 0 fully saturated rings. The van der Waals surface area contributed by atoms with E-state index in [4.69, 9.17) is 20.8 Å².